The molecule has 2 aromatic rings. The summed E-state index contributed by atoms with van der Waals surface area (Å²) < 4.78 is 0. The van der Waals surface area contributed by atoms with Crippen LogP contribution >= 0.6 is 0 Å². The van der Waals surface area contributed by atoms with Crippen molar-refractivity contribution in [1.82, 2.24) is 0 Å². The van der Waals surface area contributed by atoms with E-state index in [-0.39, 0.29) is 17.1 Å². The van der Waals surface area contributed by atoms with Gasteiger partial charge in [0.05, 0.1) is 5.69 Å². The SMILES string of the molecule is CN(C)c1cccc(C(=O)Nc2cc(C(C)(C)C)ccc2O)c1. The summed E-state index contributed by atoms with van der Waals surface area (Å²) in [6.45, 7) is 6.27. The van der Waals surface area contributed by atoms with Crippen LogP contribution in [0.5, 0.6) is 5.75 Å². The number of carbonyl (C=O) groups is 1. The van der Waals surface area contributed by atoms with E-state index in [0.29, 0.717) is 11.3 Å². The van der Waals surface area contributed by atoms with Gasteiger partial charge in [-0.15, -0.1) is 0 Å². The van der Waals surface area contributed by atoms with Gasteiger partial charge in [0, 0.05) is 25.3 Å². The van der Waals surface area contributed by atoms with Crippen molar-refractivity contribution < 1.29 is 9.90 Å². The van der Waals surface area contributed by atoms with Crippen LogP contribution in [0.1, 0.15) is 36.7 Å². The van der Waals surface area contributed by atoms with E-state index in [0.717, 1.165) is 11.3 Å². The number of nitrogens with one attached hydrogen (secondary N) is 1. The Morgan fingerprint density at radius 2 is 1.78 bits per heavy atom. The average molecular weight is 312 g/mol. The van der Waals surface area contributed by atoms with Crippen LogP contribution in [-0.2, 0) is 5.41 Å². The first-order valence-electron chi connectivity index (χ1n) is 7.61. The molecule has 1 amide bonds. The van der Waals surface area contributed by atoms with Gasteiger partial charge in [0.15, 0.2) is 0 Å². The lowest BCUT2D eigenvalue weighted by molar-refractivity contribution is 0.102. The van der Waals surface area contributed by atoms with Crippen LogP contribution in [0.3, 0.4) is 0 Å². The fourth-order valence-corrected chi connectivity index (χ4v) is 2.22. The summed E-state index contributed by atoms with van der Waals surface area (Å²) in [6.07, 6.45) is 0. The molecule has 0 saturated heterocycles. The molecule has 0 aromatic heterocycles. The molecule has 0 fully saturated rings. The molecular formula is C19H24N2O2. The van der Waals surface area contributed by atoms with Crippen molar-refractivity contribution in [3.8, 4) is 5.75 Å². The van der Waals surface area contributed by atoms with Crippen molar-refractivity contribution in [2.45, 2.75) is 26.2 Å². The average Bonchev–Trinajstić information content (AvgIpc) is 2.48. The van der Waals surface area contributed by atoms with Crippen LogP contribution in [0, 0.1) is 0 Å². The summed E-state index contributed by atoms with van der Waals surface area (Å²) in [5.74, 6) is -0.176. The van der Waals surface area contributed by atoms with Crippen LogP contribution in [0.4, 0.5) is 11.4 Å². The Hall–Kier alpha value is -2.49. The molecule has 2 aromatic carbocycles. The fraction of sp³-hybridized carbons (Fsp3) is 0.316. The highest BCUT2D eigenvalue weighted by Crippen LogP contribution is 2.31. The molecule has 0 bridgehead atoms. The van der Waals surface area contributed by atoms with Crippen molar-refractivity contribution in [3.05, 3.63) is 53.6 Å². The number of hydrogen-bond donors (Lipinski definition) is 2. The van der Waals surface area contributed by atoms with E-state index in [9.17, 15) is 9.90 Å². The molecule has 0 aliphatic carbocycles. The molecule has 0 heterocycles. The van der Waals surface area contributed by atoms with Crippen molar-refractivity contribution >= 4 is 17.3 Å². The highest BCUT2D eigenvalue weighted by atomic mass is 16.3. The van der Waals surface area contributed by atoms with E-state index in [4.69, 9.17) is 0 Å². The second-order valence-electron chi connectivity index (χ2n) is 6.88. The Morgan fingerprint density at radius 3 is 2.39 bits per heavy atom. The van der Waals surface area contributed by atoms with Crippen LogP contribution < -0.4 is 10.2 Å². The maximum atomic E-state index is 12.5. The van der Waals surface area contributed by atoms with Crippen LogP contribution in [-0.4, -0.2) is 25.1 Å². The fourth-order valence-electron chi connectivity index (χ4n) is 2.22. The zero-order chi connectivity index (χ0) is 17.2. The summed E-state index contributed by atoms with van der Waals surface area (Å²) in [4.78, 5) is 14.4. The Kier molecular flexibility index (Phi) is 4.64. The van der Waals surface area contributed by atoms with E-state index in [1.807, 2.05) is 49.3 Å². The minimum Gasteiger partial charge on any atom is -0.506 e. The molecule has 0 spiro atoms. The van der Waals surface area contributed by atoms with Gasteiger partial charge in [-0.2, -0.15) is 0 Å². The molecule has 4 nitrogen and oxygen atoms in total. The molecule has 0 radical (unpaired) electrons. The number of carbonyl (C=O) groups excluding carboxylic acids is 1. The van der Waals surface area contributed by atoms with Crippen LogP contribution in [0.25, 0.3) is 0 Å². The lowest BCUT2D eigenvalue weighted by Crippen LogP contribution is -2.16. The van der Waals surface area contributed by atoms with E-state index in [1.165, 1.54) is 0 Å². The number of phenolic OH excluding ortho intramolecular Hbond substituents is 1. The summed E-state index contributed by atoms with van der Waals surface area (Å²) in [6, 6.07) is 12.7. The van der Waals surface area contributed by atoms with Crippen LogP contribution in [0.15, 0.2) is 42.5 Å². The monoisotopic (exact) mass is 312 g/mol. The minimum absolute atomic E-state index is 0.0575. The molecule has 0 atom stereocenters. The topological polar surface area (TPSA) is 52.6 Å². The van der Waals surface area contributed by atoms with Gasteiger partial charge in [0.25, 0.3) is 5.91 Å². The third-order valence-corrected chi connectivity index (χ3v) is 3.74. The first-order valence-corrected chi connectivity index (χ1v) is 7.61. The molecule has 0 saturated carbocycles. The first kappa shape index (κ1) is 16.9. The number of amides is 1. The highest BCUT2D eigenvalue weighted by Gasteiger charge is 2.17. The summed E-state index contributed by atoms with van der Waals surface area (Å²) in [7, 11) is 3.85. The van der Waals surface area contributed by atoms with Crippen molar-refractivity contribution in [2.75, 3.05) is 24.3 Å². The Balaban J connectivity index is 2.28. The lowest BCUT2D eigenvalue weighted by atomic mass is 9.87. The number of phenols is 1. The minimum atomic E-state index is -0.241. The van der Waals surface area contributed by atoms with Gasteiger partial charge < -0.3 is 15.3 Å². The molecule has 2 rings (SSSR count). The number of rotatable bonds is 3. The van der Waals surface area contributed by atoms with E-state index >= 15 is 0 Å². The van der Waals surface area contributed by atoms with Crippen molar-refractivity contribution in [1.29, 1.82) is 0 Å². The second kappa shape index (κ2) is 6.32. The molecule has 0 aliphatic rings. The van der Waals surface area contributed by atoms with Gasteiger partial charge in [-0.05, 0) is 41.3 Å². The molecule has 0 unspecified atom stereocenters. The molecule has 4 heteroatoms. The summed E-state index contributed by atoms with van der Waals surface area (Å²) in [5.41, 5.74) is 2.92. The standard InChI is InChI=1S/C19H24N2O2/c1-19(2,3)14-9-10-17(22)16(12-14)20-18(23)13-7-6-8-15(11-13)21(4)5/h6-12,22H,1-5H3,(H,20,23). The van der Waals surface area contributed by atoms with E-state index < -0.39 is 0 Å². The predicted molar refractivity (Wildman–Crippen MR) is 95.5 cm³/mol. The number of hydrogen-bond acceptors (Lipinski definition) is 3. The third kappa shape index (κ3) is 4.03. The van der Waals surface area contributed by atoms with Gasteiger partial charge in [-0.1, -0.05) is 32.9 Å². The van der Waals surface area contributed by atoms with Gasteiger partial charge in [0.2, 0.25) is 0 Å². The van der Waals surface area contributed by atoms with Crippen molar-refractivity contribution in [3.63, 3.8) is 0 Å². The first-order chi connectivity index (χ1) is 10.7. The maximum Gasteiger partial charge on any atom is 0.255 e. The zero-order valence-electron chi connectivity index (χ0n) is 14.3. The van der Waals surface area contributed by atoms with Gasteiger partial charge in [0.1, 0.15) is 5.75 Å². The Labute approximate surface area is 137 Å². The number of benzene rings is 2. The van der Waals surface area contributed by atoms with Crippen LogP contribution in [0.2, 0.25) is 0 Å². The third-order valence-electron chi connectivity index (χ3n) is 3.74. The Morgan fingerprint density at radius 1 is 1.09 bits per heavy atom. The Bertz CT molecular complexity index is 716. The van der Waals surface area contributed by atoms with E-state index in [2.05, 4.69) is 26.1 Å². The van der Waals surface area contributed by atoms with E-state index in [1.54, 1.807) is 12.1 Å². The quantitative estimate of drug-likeness (QED) is 0.842. The van der Waals surface area contributed by atoms with Crippen molar-refractivity contribution in [2.24, 2.45) is 0 Å². The predicted octanol–water partition coefficient (Wildman–Crippen LogP) is 4.01. The molecular weight excluding hydrogens is 288 g/mol. The zero-order valence-corrected chi connectivity index (χ0v) is 14.3. The second-order valence-corrected chi connectivity index (χ2v) is 6.88. The molecule has 122 valence electrons. The molecule has 2 N–H and O–H groups in total. The number of nitrogens with zero attached hydrogens (tertiary/aromatic N) is 1. The largest absolute Gasteiger partial charge is 0.506 e. The molecule has 23 heavy (non-hydrogen) atoms. The van der Waals surface area contributed by atoms with Gasteiger partial charge in [-0.25, -0.2) is 0 Å². The maximum absolute atomic E-state index is 12.5. The van der Waals surface area contributed by atoms with Gasteiger partial charge in [-0.3, -0.25) is 4.79 Å². The summed E-state index contributed by atoms with van der Waals surface area (Å²) >= 11 is 0. The summed E-state index contributed by atoms with van der Waals surface area (Å²) in [5, 5.41) is 12.8. The van der Waals surface area contributed by atoms with Gasteiger partial charge >= 0.3 is 0 Å². The highest BCUT2D eigenvalue weighted by molar-refractivity contribution is 6.05. The lowest BCUT2D eigenvalue weighted by Gasteiger charge is -2.20. The number of anilines is 2. The number of aromatic hydroxyl groups is 1. The smallest absolute Gasteiger partial charge is 0.255 e. The normalized spacial score (nSPS) is 11.2. The molecule has 0 aliphatic heterocycles.